The van der Waals surface area contributed by atoms with Gasteiger partial charge in [0.2, 0.25) is 0 Å². The van der Waals surface area contributed by atoms with Gasteiger partial charge in [0.05, 0.1) is 11.3 Å². The minimum Gasteiger partial charge on any atom is -0.455 e. The molecule has 0 aliphatic carbocycles. The third-order valence-electron chi connectivity index (χ3n) is 2.40. The molecule has 106 valence electrons. The lowest BCUT2D eigenvalue weighted by atomic mass is 10.2. The summed E-state index contributed by atoms with van der Waals surface area (Å²) in [7, 11) is 0. The molecule has 0 atom stereocenters. The van der Waals surface area contributed by atoms with Crippen molar-refractivity contribution in [1.82, 2.24) is 0 Å². The first kappa shape index (κ1) is 14.1. The molecule has 2 N–H and O–H groups in total. The predicted octanol–water partition coefficient (Wildman–Crippen LogP) is 4.36. The quantitative estimate of drug-likeness (QED) is 0.658. The second kappa shape index (κ2) is 4.99. The first-order valence-corrected chi connectivity index (χ1v) is 5.36. The van der Waals surface area contributed by atoms with Crippen LogP contribution in [-0.4, -0.2) is 0 Å². The maximum absolute atomic E-state index is 13.2. The van der Waals surface area contributed by atoms with E-state index in [-0.39, 0.29) is 17.2 Å². The van der Waals surface area contributed by atoms with Gasteiger partial charge in [-0.3, -0.25) is 0 Å². The summed E-state index contributed by atoms with van der Waals surface area (Å²) < 4.78 is 68.6. The van der Waals surface area contributed by atoms with E-state index >= 15 is 0 Å². The highest BCUT2D eigenvalue weighted by atomic mass is 19.4. The Balaban J connectivity index is 2.36. The van der Waals surface area contributed by atoms with Gasteiger partial charge in [-0.1, -0.05) is 0 Å². The zero-order valence-corrected chi connectivity index (χ0v) is 9.84. The van der Waals surface area contributed by atoms with E-state index in [4.69, 9.17) is 10.5 Å². The van der Waals surface area contributed by atoms with E-state index in [1.54, 1.807) is 0 Å². The molecule has 0 spiro atoms. The molecule has 0 saturated carbocycles. The van der Waals surface area contributed by atoms with E-state index in [9.17, 15) is 22.0 Å². The maximum atomic E-state index is 13.2. The SMILES string of the molecule is Nc1cc(F)ccc1Oc1cc(F)cc(C(F)(F)F)c1. The van der Waals surface area contributed by atoms with Gasteiger partial charge in [0.1, 0.15) is 17.4 Å². The van der Waals surface area contributed by atoms with E-state index in [2.05, 4.69) is 0 Å². The van der Waals surface area contributed by atoms with Gasteiger partial charge < -0.3 is 10.5 Å². The molecule has 0 heterocycles. The van der Waals surface area contributed by atoms with E-state index in [1.807, 2.05) is 0 Å². The lowest BCUT2D eigenvalue weighted by Crippen LogP contribution is -2.05. The van der Waals surface area contributed by atoms with Crippen LogP contribution in [0.5, 0.6) is 11.5 Å². The third kappa shape index (κ3) is 3.17. The standard InChI is InChI=1S/C13H8F5NO/c14-8-1-2-12(11(19)6-8)20-10-4-7(13(16,17)18)3-9(15)5-10/h1-6H,19H2. The topological polar surface area (TPSA) is 35.2 Å². The molecule has 2 aromatic rings. The molecule has 0 saturated heterocycles. The number of rotatable bonds is 2. The number of nitrogens with two attached hydrogens (primary N) is 1. The monoisotopic (exact) mass is 289 g/mol. The molecule has 0 aromatic heterocycles. The van der Waals surface area contributed by atoms with Gasteiger partial charge in [-0.15, -0.1) is 0 Å². The van der Waals surface area contributed by atoms with E-state index in [1.165, 1.54) is 0 Å². The van der Waals surface area contributed by atoms with Crippen LogP contribution in [-0.2, 0) is 6.18 Å². The van der Waals surface area contributed by atoms with Crippen LogP contribution in [0.15, 0.2) is 36.4 Å². The Morgan fingerprint density at radius 1 is 0.900 bits per heavy atom. The fraction of sp³-hybridized carbons (Fsp3) is 0.0769. The minimum absolute atomic E-state index is 0.0647. The Morgan fingerprint density at radius 3 is 2.20 bits per heavy atom. The minimum atomic E-state index is -4.70. The van der Waals surface area contributed by atoms with Crippen LogP contribution in [0.25, 0.3) is 0 Å². The van der Waals surface area contributed by atoms with Crippen molar-refractivity contribution in [3.05, 3.63) is 53.6 Å². The number of ether oxygens (including phenoxy) is 1. The number of nitrogen functional groups attached to an aromatic ring is 1. The molecular weight excluding hydrogens is 281 g/mol. The Bertz CT molecular complexity index is 639. The number of halogens is 5. The lowest BCUT2D eigenvalue weighted by molar-refractivity contribution is -0.137. The van der Waals surface area contributed by atoms with E-state index < -0.39 is 23.4 Å². The summed E-state index contributed by atoms with van der Waals surface area (Å²) in [6.45, 7) is 0. The molecule has 2 nitrogen and oxygen atoms in total. The molecular formula is C13H8F5NO. The average molecular weight is 289 g/mol. The Labute approximate surface area is 110 Å². The number of benzene rings is 2. The summed E-state index contributed by atoms with van der Waals surface area (Å²) in [5.74, 6) is -2.17. The van der Waals surface area contributed by atoms with Crippen LogP contribution in [0.2, 0.25) is 0 Å². The molecule has 0 aliphatic rings. The molecule has 0 amide bonds. The number of alkyl halides is 3. The second-order valence-corrected chi connectivity index (χ2v) is 3.96. The Morgan fingerprint density at radius 2 is 1.60 bits per heavy atom. The molecule has 2 aromatic carbocycles. The normalized spacial score (nSPS) is 11.4. The van der Waals surface area contributed by atoms with Gasteiger partial charge in [0, 0.05) is 12.1 Å². The van der Waals surface area contributed by atoms with Crippen LogP contribution >= 0.6 is 0 Å². The summed E-state index contributed by atoms with van der Waals surface area (Å²) in [5, 5.41) is 0. The number of anilines is 1. The Hall–Kier alpha value is -2.31. The first-order chi connectivity index (χ1) is 9.25. The van der Waals surface area contributed by atoms with Crippen LogP contribution in [0.3, 0.4) is 0 Å². The van der Waals surface area contributed by atoms with Crippen molar-refractivity contribution in [2.45, 2.75) is 6.18 Å². The molecule has 0 aliphatic heterocycles. The predicted molar refractivity (Wildman–Crippen MR) is 62.3 cm³/mol. The summed E-state index contributed by atoms with van der Waals surface area (Å²) in [6, 6.07) is 4.86. The van der Waals surface area contributed by atoms with Crippen LogP contribution in [0.1, 0.15) is 5.56 Å². The van der Waals surface area contributed by atoms with E-state index in [0.717, 1.165) is 24.3 Å². The van der Waals surface area contributed by atoms with Crippen LogP contribution in [0.4, 0.5) is 27.6 Å². The fourth-order valence-corrected chi connectivity index (χ4v) is 1.52. The van der Waals surface area contributed by atoms with Crippen molar-refractivity contribution in [3.63, 3.8) is 0 Å². The van der Waals surface area contributed by atoms with Gasteiger partial charge in [-0.05, 0) is 24.3 Å². The molecule has 0 bridgehead atoms. The highest BCUT2D eigenvalue weighted by Gasteiger charge is 2.31. The van der Waals surface area contributed by atoms with Crippen molar-refractivity contribution < 1.29 is 26.7 Å². The maximum Gasteiger partial charge on any atom is 0.416 e. The number of hydrogen-bond acceptors (Lipinski definition) is 2. The van der Waals surface area contributed by atoms with Crippen molar-refractivity contribution in [1.29, 1.82) is 0 Å². The van der Waals surface area contributed by atoms with Gasteiger partial charge in [-0.2, -0.15) is 13.2 Å². The van der Waals surface area contributed by atoms with Gasteiger partial charge in [-0.25, -0.2) is 8.78 Å². The second-order valence-electron chi connectivity index (χ2n) is 3.96. The summed E-state index contributed by atoms with van der Waals surface area (Å²) in [5.41, 5.74) is 4.15. The molecule has 20 heavy (non-hydrogen) atoms. The van der Waals surface area contributed by atoms with Crippen LogP contribution < -0.4 is 10.5 Å². The van der Waals surface area contributed by atoms with Crippen LogP contribution in [0, 0.1) is 11.6 Å². The van der Waals surface area contributed by atoms with Gasteiger partial charge >= 0.3 is 6.18 Å². The molecule has 0 radical (unpaired) electrons. The molecule has 2 rings (SSSR count). The molecule has 0 fully saturated rings. The smallest absolute Gasteiger partial charge is 0.416 e. The van der Waals surface area contributed by atoms with Crippen molar-refractivity contribution in [2.75, 3.05) is 5.73 Å². The third-order valence-corrected chi connectivity index (χ3v) is 2.40. The highest BCUT2D eigenvalue weighted by Crippen LogP contribution is 2.35. The lowest BCUT2D eigenvalue weighted by Gasteiger charge is -2.11. The van der Waals surface area contributed by atoms with Crippen molar-refractivity contribution >= 4 is 5.69 Å². The summed E-state index contributed by atoms with van der Waals surface area (Å²) in [6.07, 6.45) is -4.70. The Kier molecular flexibility index (Phi) is 3.52. The van der Waals surface area contributed by atoms with E-state index in [0.29, 0.717) is 12.1 Å². The van der Waals surface area contributed by atoms with Crippen molar-refractivity contribution in [2.24, 2.45) is 0 Å². The summed E-state index contributed by atoms with van der Waals surface area (Å²) in [4.78, 5) is 0. The average Bonchev–Trinajstić information content (AvgIpc) is 2.31. The first-order valence-electron chi connectivity index (χ1n) is 5.36. The fourth-order valence-electron chi connectivity index (χ4n) is 1.52. The highest BCUT2D eigenvalue weighted by molar-refractivity contribution is 5.54. The summed E-state index contributed by atoms with van der Waals surface area (Å²) >= 11 is 0. The zero-order chi connectivity index (χ0) is 14.9. The molecule has 7 heteroatoms. The largest absolute Gasteiger partial charge is 0.455 e. The zero-order valence-electron chi connectivity index (χ0n) is 9.84. The van der Waals surface area contributed by atoms with Crippen molar-refractivity contribution in [3.8, 4) is 11.5 Å². The van der Waals surface area contributed by atoms with Gasteiger partial charge in [0.25, 0.3) is 0 Å². The number of hydrogen-bond donors (Lipinski definition) is 1. The van der Waals surface area contributed by atoms with Gasteiger partial charge in [0.15, 0.2) is 5.75 Å². The molecule has 0 unspecified atom stereocenters.